The number of carbonyl (C=O) groups excluding carboxylic acids is 1. The predicted octanol–water partition coefficient (Wildman–Crippen LogP) is 2.96. The average Bonchev–Trinajstić information content (AvgIpc) is 2.60. The summed E-state index contributed by atoms with van der Waals surface area (Å²) in [5.41, 5.74) is 1.36. The number of nitrogens with one attached hydrogen (secondary N) is 1. The first-order valence-electron chi connectivity index (χ1n) is 7.67. The standard InChI is InChI=1S/C19H20N2O3/c1-14(24-18-9-4-3-8-17(18)23-2)13-21-19(22)16-7-5-6-15(12-16)10-11-20/h3-9,12,14H,10,13H2,1-2H3,(H,21,22)/t14-/m0/s1. The number of para-hydroxylation sites is 2. The molecule has 0 saturated carbocycles. The molecule has 0 aliphatic rings. The van der Waals surface area contributed by atoms with Crippen LogP contribution in [0.4, 0.5) is 0 Å². The van der Waals surface area contributed by atoms with Crippen LogP contribution in [0.1, 0.15) is 22.8 Å². The van der Waals surface area contributed by atoms with E-state index in [1.165, 1.54) is 0 Å². The van der Waals surface area contributed by atoms with E-state index in [-0.39, 0.29) is 18.4 Å². The van der Waals surface area contributed by atoms with Crippen LogP contribution in [0.5, 0.6) is 11.5 Å². The van der Waals surface area contributed by atoms with Gasteiger partial charge in [0.25, 0.3) is 5.91 Å². The van der Waals surface area contributed by atoms with Gasteiger partial charge in [-0.2, -0.15) is 5.26 Å². The van der Waals surface area contributed by atoms with Gasteiger partial charge in [0.1, 0.15) is 6.10 Å². The van der Waals surface area contributed by atoms with Gasteiger partial charge in [0.05, 0.1) is 26.1 Å². The first kappa shape index (κ1) is 17.4. The second kappa shape index (κ2) is 8.59. The molecule has 124 valence electrons. The van der Waals surface area contributed by atoms with Crippen molar-refractivity contribution in [1.82, 2.24) is 5.32 Å². The summed E-state index contributed by atoms with van der Waals surface area (Å²) in [6.45, 7) is 2.23. The van der Waals surface area contributed by atoms with Crippen molar-refractivity contribution in [3.63, 3.8) is 0 Å². The molecule has 0 bridgehead atoms. The number of nitriles is 1. The third kappa shape index (κ3) is 4.75. The molecular formula is C19H20N2O3. The van der Waals surface area contributed by atoms with Crippen LogP contribution < -0.4 is 14.8 Å². The molecule has 0 spiro atoms. The van der Waals surface area contributed by atoms with E-state index in [2.05, 4.69) is 11.4 Å². The fourth-order valence-corrected chi connectivity index (χ4v) is 2.23. The molecule has 0 fully saturated rings. The van der Waals surface area contributed by atoms with E-state index in [0.29, 0.717) is 23.6 Å². The van der Waals surface area contributed by atoms with Gasteiger partial charge >= 0.3 is 0 Å². The highest BCUT2D eigenvalue weighted by atomic mass is 16.5. The maximum atomic E-state index is 12.2. The lowest BCUT2D eigenvalue weighted by molar-refractivity contribution is 0.0931. The van der Waals surface area contributed by atoms with Crippen LogP contribution in [0.15, 0.2) is 48.5 Å². The molecule has 0 heterocycles. The molecule has 2 aromatic rings. The summed E-state index contributed by atoms with van der Waals surface area (Å²) < 4.78 is 11.0. The van der Waals surface area contributed by atoms with Gasteiger partial charge in [0, 0.05) is 5.56 Å². The molecule has 2 aromatic carbocycles. The Bertz CT molecular complexity index is 737. The van der Waals surface area contributed by atoms with E-state index >= 15 is 0 Å². The minimum absolute atomic E-state index is 0.190. The molecule has 1 atom stereocenters. The first-order valence-corrected chi connectivity index (χ1v) is 7.67. The largest absolute Gasteiger partial charge is 0.493 e. The molecule has 2 rings (SSSR count). The van der Waals surface area contributed by atoms with Gasteiger partial charge in [-0.3, -0.25) is 4.79 Å². The van der Waals surface area contributed by atoms with E-state index in [1.807, 2.05) is 37.3 Å². The van der Waals surface area contributed by atoms with E-state index in [4.69, 9.17) is 14.7 Å². The molecule has 1 N–H and O–H groups in total. The van der Waals surface area contributed by atoms with Crippen molar-refractivity contribution in [2.75, 3.05) is 13.7 Å². The van der Waals surface area contributed by atoms with Crippen LogP contribution in [-0.2, 0) is 6.42 Å². The number of amides is 1. The maximum Gasteiger partial charge on any atom is 0.251 e. The zero-order valence-electron chi connectivity index (χ0n) is 13.8. The zero-order valence-corrected chi connectivity index (χ0v) is 13.8. The van der Waals surface area contributed by atoms with Gasteiger partial charge in [0.15, 0.2) is 11.5 Å². The second-order valence-electron chi connectivity index (χ2n) is 5.32. The molecule has 5 nitrogen and oxygen atoms in total. The number of carbonyl (C=O) groups is 1. The average molecular weight is 324 g/mol. The Balaban J connectivity index is 1.91. The van der Waals surface area contributed by atoms with Gasteiger partial charge in [0.2, 0.25) is 0 Å². The van der Waals surface area contributed by atoms with Crippen LogP contribution in [-0.4, -0.2) is 25.7 Å². The van der Waals surface area contributed by atoms with Crippen LogP contribution in [0.25, 0.3) is 0 Å². The summed E-state index contributed by atoms with van der Waals surface area (Å²) in [4.78, 5) is 12.2. The van der Waals surface area contributed by atoms with Gasteiger partial charge in [-0.1, -0.05) is 24.3 Å². The summed E-state index contributed by atoms with van der Waals surface area (Å²) in [6.07, 6.45) is 0.0709. The van der Waals surface area contributed by atoms with E-state index < -0.39 is 0 Å². The highest BCUT2D eigenvalue weighted by Gasteiger charge is 2.11. The predicted molar refractivity (Wildman–Crippen MR) is 91.2 cm³/mol. The van der Waals surface area contributed by atoms with Gasteiger partial charge < -0.3 is 14.8 Å². The number of benzene rings is 2. The summed E-state index contributed by atoms with van der Waals surface area (Å²) in [7, 11) is 1.59. The van der Waals surface area contributed by atoms with Crippen LogP contribution in [0.2, 0.25) is 0 Å². The third-order valence-electron chi connectivity index (χ3n) is 3.42. The lowest BCUT2D eigenvalue weighted by Gasteiger charge is -2.17. The summed E-state index contributed by atoms with van der Waals surface area (Å²) in [5, 5.41) is 11.6. The molecule has 0 radical (unpaired) electrons. The van der Waals surface area contributed by atoms with Crippen molar-refractivity contribution < 1.29 is 14.3 Å². The number of hydrogen-bond donors (Lipinski definition) is 1. The topological polar surface area (TPSA) is 71.3 Å². The van der Waals surface area contributed by atoms with Crippen LogP contribution in [0.3, 0.4) is 0 Å². The van der Waals surface area contributed by atoms with Crippen molar-refractivity contribution in [2.45, 2.75) is 19.4 Å². The number of nitrogens with zero attached hydrogens (tertiary/aromatic N) is 1. The van der Waals surface area contributed by atoms with Crippen molar-refractivity contribution in [2.24, 2.45) is 0 Å². The SMILES string of the molecule is COc1ccccc1O[C@@H](C)CNC(=O)c1cccc(CC#N)c1. The normalized spacial score (nSPS) is 11.2. The highest BCUT2D eigenvalue weighted by molar-refractivity contribution is 5.94. The van der Waals surface area contributed by atoms with Crippen molar-refractivity contribution in [3.8, 4) is 17.6 Å². The fourth-order valence-electron chi connectivity index (χ4n) is 2.23. The summed E-state index contributed by atoms with van der Waals surface area (Å²) in [5.74, 6) is 1.10. The Morgan fingerprint density at radius 3 is 2.67 bits per heavy atom. The van der Waals surface area contributed by atoms with Gasteiger partial charge in [-0.05, 0) is 36.8 Å². The fraction of sp³-hybridized carbons (Fsp3) is 0.263. The minimum atomic E-state index is -0.215. The van der Waals surface area contributed by atoms with Crippen molar-refractivity contribution in [3.05, 3.63) is 59.7 Å². The smallest absolute Gasteiger partial charge is 0.251 e. The van der Waals surface area contributed by atoms with E-state index in [9.17, 15) is 4.79 Å². The molecule has 0 unspecified atom stereocenters. The Labute approximate surface area is 141 Å². The van der Waals surface area contributed by atoms with Crippen molar-refractivity contribution >= 4 is 5.91 Å². The molecule has 0 aliphatic carbocycles. The molecular weight excluding hydrogens is 304 g/mol. The quantitative estimate of drug-likeness (QED) is 0.850. The second-order valence-corrected chi connectivity index (χ2v) is 5.32. The molecule has 1 amide bonds. The zero-order chi connectivity index (χ0) is 17.4. The maximum absolute atomic E-state index is 12.2. The molecule has 24 heavy (non-hydrogen) atoms. The molecule has 0 aromatic heterocycles. The lowest BCUT2D eigenvalue weighted by atomic mass is 10.1. The van der Waals surface area contributed by atoms with E-state index in [0.717, 1.165) is 5.56 Å². The third-order valence-corrected chi connectivity index (χ3v) is 3.42. The Morgan fingerprint density at radius 1 is 1.21 bits per heavy atom. The van der Waals surface area contributed by atoms with Crippen LogP contribution >= 0.6 is 0 Å². The summed E-state index contributed by atoms with van der Waals surface area (Å²) >= 11 is 0. The first-order chi connectivity index (χ1) is 11.6. The van der Waals surface area contributed by atoms with E-state index in [1.54, 1.807) is 25.3 Å². The monoisotopic (exact) mass is 324 g/mol. The number of hydrogen-bond acceptors (Lipinski definition) is 4. The molecule has 0 aliphatic heterocycles. The minimum Gasteiger partial charge on any atom is -0.493 e. The molecule has 0 saturated heterocycles. The van der Waals surface area contributed by atoms with Crippen LogP contribution in [0, 0.1) is 11.3 Å². The molecule has 5 heteroatoms. The lowest BCUT2D eigenvalue weighted by Crippen LogP contribution is -2.33. The van der Waals surface area contributed by atoms with Crippen molar-refractivity contribution in [1.29, 1.82) is 5.26 Å². The van der Waals surface area contributed by atoms with Gasteiger partial charge in [-0.15, -0.1) is 0 Å². The Hall–Kier alpha value is -3.00. The summed E-state index contributed by atoms with van der Waals surface area (Å²) in [6, 6.07) is 16.5. The number of methoxy groups -OCH3 is 1. The Kier molecular flexibility index (Phi) is 6.21. The highest BCUT2D eigenvalue weighted by Crippen LogP contribution is 2.26. The van der Waals surface area contributed by atoms with Gasteiger partial charge in [-0.25, -0.2) is 0 Å². The number of rotatable bonds is 7. The number of ether oxygens (including phenoxy) is 2. The Morgan fingerprint density at radius 2 is 1.96 bits per heavy atom.